The molecule has 0 aromatic carbocycles. The van der Waals surface area contributed by atoms with Crippen LogP contribution in [0.1, 0.15) is 13.8 Å². The maximum atomic E-state index is 9.73. The Bertz CT molecular complexity index is 103. The average molecular weight is 123 g/mol. The number of hydrogen-bond donors (Lipinski definition) is 1. The van der Waals surface area contributed by atoms with Gasteiger partial charge in [-0.3, -0.25) is 0 Å². The molecule has 2 nitrogen and oxygen atoms in total. The van der Waals surface area contributed by atoms with E-state index in [1.807, 2.05) is 0 Å². The van der Waals surface area contributed by atoms with Gasteiger partial charge in [0.25, 0.3) is 0 Å². The number of carboxylic acids is 1. The summed E-state index contributed by atoms with van der Waals surface area (Å²) in [6.45, 7) is 3.49. The second-order valence-corrected chi connectivity index (χ2v) is 1.56. The van der Waals surface area contributed by atoms with Crippen LogP contribution in [-0.4, -0.2) is 40.6 Å². The Morgan fingerprint density at radius 3 is 1.88 bits per heavy atom. The van der Waals surface area contributed by atoms with Crippen LogP contribution in [0.4, 0.5) is 0 Å². The molecule has 0 aromatic heterocycles. The van der Waals surface area contributed by atoms with E-state index in [0.29, 0.717) is 0 Å². The Morgan fingerprint density at radius 1 is 1.50 bits per heavy atom. The van der Waals surface area contributed by atoms with Gasteiger partial charge in [-0.15, -0.1) is 0 Å². The van der Waals surface area contributed by atoms with Crippen molar-refractivity contribution in [2.45, 2.75) is 13.8 Å². The van der Waals surface area contributed by atoms with Gasteiger partial charge in [0, 0.05) is 35.6 Å². The fraction of sp³-hybridized carbons (Fsp3) is 0.400. The van der Waals surface area contributed by atoms with Crippen molar-refractivity contribution in [3.8, 4) is 0 Å². The van der Waals surface area contributed by atoms with Crippen LogP contribution in [0.3, 0.4) is 0 Å². The van der Waals surface area contributed by atoms with E-state index >= 15 is 0 Å². The van der Waals surface area contributed by atoms with Crippen LogP contribution >= 0.6 is 0 Å². The van der Waals surface area contributed by atoms with Crippen molar-refractivity contribution >= 4 is 35.5 Å². The van der Waals surface area contributed by atoms with E-state index in [2.05, 4.69) is 0 Å². The molecule has 1 N–H and O–H groups in total. The molecule has 0 unspecified atom stereocenters. The van der Waals surface area contributed by atoms with Gasteiger partial charge in [-0.25, -0.2) is 4.79 Å². The molecule has 41 valence electrons. The van der Waals surface area contributed by atoms with Crippen molar-refractivity contribution in [2.75, 3.05) is 0 Å². The molecule has 0 saturated carbocycles. The minimum atomic E-state index is -0.875. The number of carbonyl (C=O) groups is 1. The van der Waals surface area contributed by atoms with Crippen LogP contribution in [0.5, 0.6) is 0 Å². The average Bonchev–Trinajstić information content (AvgIpc) is 1.27. The van der Waals surface area contributed by atoms with Gasteiger partial charge >= 0.3 is 5.97 Å². The molecular formula is C5H8NaO2. The third-order valence-corrected chi connectivity index (χ3v) is 0.412. The van der Waals surface area contributed by atoms with Gasteiger partial charge in [0.2, 0.25) is 0 Å². The summed E-state index contributed by atoms with van der Waals surface area (Å²) in [5, 5.41) is 8.01. The molecule has 3 heteroatoms. The topological polar surface area (TPSA) is 37.3 Å². The Kier molecular flexibility index (Phi) is 7.40. The van der Waals surface area contributed by atoms with E-state index < -0.39 is 5.97 Å². The minimum Gasteiger partial charge on any atom is -0.478 e. The van der Waals surface area contributed by atoms with E-state index in [0.717, 1.165) is 5.57 Å². The van der Waals surface area contributed by atoms with E-state index in [4.69, 9.17) is 5.11 Å². The van der Waals surface area contributed by atoms with Crippen molar-refractivity contribution < 1.29 is 9.90 Å². The largest absolute Gasteiger partial charge is 0.478 e. The summed E-state index contributed by atoms with van der Waals surface area (Å²) in [5.41, 5.74) is 0.813. The number of rotatable bonds is 1. The predicted octanol–water partition coefficient (Wildman–Crippen LogP) is 0.656. The molecule has 0 aliphatic carbocycles. The van der Waals surface area contributed by atoms with Crippen molar-refractivity contribution in [1.29, 1.82) is 0 Å². The first-order chi connectivity index (χ1) is 3.13. The van der Waals surface area contributed by atoms with Gasteiger partial charge in [0.1, 0.15) is 0 Å². The number of aliphatic carboxylic acids is 1. The molecule has 1 radical (unpaired) electrons. The molecule has 0 fully saturated rings. The van der Waals surface area contributed by atoms with Crippen LogP contribution in [0.25, 0.3) is 0 Å². The second-order valence-electron chi connectivity index (χ2n) is 1.56. The quantitative estimate of drug-likeness (QED) is 0.410. The molecule has 0 rings (SSSR count). The fourth-order valence-corrected chi connectivity index (χ4v) is 0.247. The maximum Gasteiger partial charge on any atom is 0.328 e. The number of hydrogen-bond acceptors (Lipinski definition) is 1. The number of allylic oxidation sites excluding steroid dienone is 1. The summed E-state index contributed by atoms with van der Waals surface area (Å²) >= 11 is 0. The Morgan fingerprint density at radius 2 is 1.88 bits per heavy atom. The first-order valence-electron chi connectivity index (χ1n) is 2.01. The summed E-state index contributed by atoms with van der Waals surface area (Å²) in [6, 6.07) is 0. The Balaban J connectivity index is 0. The van der Waals surface area contributed by atoms with Crippen LogP contribution in [0.15, 0.2) is 11.6 Å². The van der Waals surface area contributed by atoms with Gasteiger partial charge in [0.05, 0.1) is 0 Å². The molecule has 0 bridgehead atoms. The number of carboxylic acid groups (broad SMARTS) is 1. The first-order valence-corrected chi connectivity index (χ1v) is 2.01. The van der Waals surface area contributed by atoms with Crippen LogP contribution in [0, 0.1) is 0 Å². The van der Waals surface area contributed by atoms with E-state index in [1.165, 1.54) is 6.08 Å². The van der Waals surface area contributed by atoms with Crippen LogP contribution in [0.2, 0.25) is 0 Å². The monoisotopic (exact) mass is 123 g/mol. The summed E-state index contributed by atoms with van der Waals surface area (Å²) in [6.07, 6.45) is 1.17. The van der Waals surface area contributed by atoms with Crippen molar-refractivity contribution in [2.24, 2.45) is 0 Å². The summed E-state index contributed by atoms with van der Waals surface area (Å²) in [5.74, 6) is -0.875. The second kappa shape index (κ2) is 5.35. The minimum absolute atomic E-state index is 0. The molecule has 0 saturated heterocycles. The van der Waals surface area contributed by atoms with Gasteiger partial charge in [-0.1, -0.05) is 5.57 Å². The summed E-state index contributed by atoms with van der Waals surface area (Å²) in [7, 11) is 0. The smallest absolute Gasteiger partial charge is 0.328 e. The van der Waals surface area contributed by atoms with E-state index in [1.54, 1.807) is 13.8 Å². The van der Waals surface area contributed by atoms with E-state index in [9.17, 15) is 4.79 Å². The van der Waals surface area contributed by atoms with Crippen LogP contribution < -0.4 is 0 Å². The first kappa shape index (κ1) is 11.1. The van der Waals surface area contributed by atoms with Gasteiger partial charge in [-0.05, 0) is 13.8 Å². The zero-order valence-electron chi connectivity index (χ0n) is 5.43. The van der Waals surface area contributed by atoms with Gasteiger partial charge in [-0.2, -0.15) is 0 Å². The standard InChI is InChI=1S/C5H8O2.Na/c1-4(2)3-5(6)7;/h3H,1-2H3,(H,6,7);. The molecule has 8 heavy (non-hydrogen) atoms. The fourth-order valence-electron chi connectivity index (χ4n) is 0.247. The molecule has 0 aromatic rings. The summed E-state index contributed by atoms with van der Waals surface area (Å²) < 4.78 is 0. The van der Waals surface area contributed by atoms with Gasteiger partial charge in [0.15, 0.2) is 0 Å². The molecule has 0 aliphatic rings. The van der Waals surface area contributed by atoms with Crippen LogP contribution in [-0.2, 0) is 4.79 Å². The van der Waals surface area contributed by atoms with Gasteiger partial charge < -0.3 is 5.11 Å². The molecule has 0 amide bonds. The molecular weight excluding hydrogens is 115 g/mol. The maximum absolute atomic E-state index is 9.73. The van der Waals surface area contributed by atoms with Crippen molar-refractivity contribution in [1.82, 2.24) is 0 Å². The third kappa shape index (κ3) is 9.51. The molecule has 0 heterocycles. The molecule has 0 spiro atoms. The molecule has 0 aliphatic heterocycles. The predicted molar refractivity (Wildman–Crippen MR) is 32.8 cm³/mol. The van der Waals surface area contributed by atoms with E-state index in [-0.39, 0.29) is 29.6 Å². The summed E-state index contributed by atoms with van der Waals surface area (Å²) in [4.78, 5) is 9.73. The SMILES string of the molecule is CC(C)=CC(=O)O.[Na]. The zero-order valence-corrected chi connectivity index (χ0v) is 7.43. The Labute approximate surface area is 70.9 Å². The Hall–Kier alpha value is 0.210. The molecule has 0 atom stereocenters. The van der Waals surface area contributed by atoms with Crippen molar-refractivity contribution in [3.05, 3.63) is 11.6 Å². The normalized spacial score (nSPS) is 6.75. The third-order valence-electron chi connectivity index (χ3n) is 0.412. The zero-order chi connectivity index (χ0) is 5.86. The van der Waals surface area contributed by atoms with Crippen molar-refractivity contribution in [3.63, 3.8) is 0 Å².